The Labute approximate surface area is 214 Å². The Kier molecular flexibility index (Phi) is 7.52. The van der Waals surface area contributed by atoms with Crippen LogP contribution in [0.3, 0.4) is 0 Å². The van der Waals surface area contributed by atoms with Crippen molar-refractivity contribution in [1.82, 2.24) is 0 Å². The van der Waals surface area contributed by atoms with Crippen molar-refractivity contribution in [2.24, 2.45) is 17.8 Å². The van der Waals surface area contributed by atoms with E-state index in [2.05, 4.69) is 91.5 Å². The maximum atomic E-state index is 13.2. The first kappa shape index (κ1) is 23.7. The molecule has 31 heavy (non-hydrogen) atoms. The second-order valence-corrected chi connectivity index (χ2v) is 14.2. The van der Waals surface area contributed by atoms with Gasteiger partial charge >= 0.3 is 0 Å². The van der Waals surface area contributed by atoms with Crippen molar-refractivity contribution in [2.45, 2.75) is 65.9 Å². The lowest BCUT2D eigenvalue weighted by Crippen LogP contribution is -2.43. The Balaban J connectivity index is 1.41. The molecular weight excluding hydrogens is 609 g/mol. The van der Waals surface area contributed by atoms with E-state index in [0.29, 0.717) is 21.7 Å². The number of rotatable bonds is 6. The minimum Gasteiger partial charge on any atom is -0.236 e. The van der Waals surface area contributed by atoms with E-state index in [-0.39, 0.29) is 0 Å². The SMILES string of the molecule is C=C1CC(c2cccc(Cc3ccc(CC(F)I)cc3)c2)CC(C)C1C1CC(C)(I)C1. The van der Waals surface area contributed by atoms with E-state index in [1.165, 1.54) is 41.5 Å². The van der Waals surface area contributed by atoms with Gasteiger partial charge in [0.25, 0.3) is 0 Å². The van der Waals surface area contributed by atoms with Gasteiger partial charge in [0.15, 0.2) is 4.18 Å². The summed E-state index contributed by atoms with van der Waals surface area (Å²) >= 11 is 4.48. The van der Waals surface area contributed by atoms with Crippen LogP contribution in [0.5, 0.6) is 0 Å². The van der Waals surface area contributed by atoms with E-state index in [0.717, 1.165) is 30.2 Å². The zero-order chi connectivity index (χ0) is 22.2. The normalized spacial score (nSPS) is 31.8. The molecule has 0 heterocycles. The average Bonchev–Trinajstić information content (AvgIpc) is 2.67. The number of hydrogen-bond acceptors (Lipinski definition) is 0. The molecule has 0 aromatic heterocycles. The van der Waals surface area contributed by atoms with Crippen molar-refractivity contribution in [1.29, 1.82) is 0 Å². The molecule has 2 saturated carbocycles. The van der Waals surface area contributed by atoms with Gasteiger partial charge in [-0.2, -0.15) is 0 Å². The van der Waals surface area contributed by atoms with Crippen LogP contribution in [0.15, 0.2) is 60.7 Å². The molecule has 4 rings (SSSR count). The maximum absolute atomic E-state index is 13.2. The third-order valence-corrected chi connectivity index (χ3v) is 8.70. The van der Waals surface area contributed by atoms with Gasteiger partial charge in [-0.15, -0.1) is 0 Å². The fourth-order valence-electron chi connectivity index (χ4n) is 6.04. The number of hydrogen-bond donors (Lipinski definition) is 0. The van der Waals surface area contributed by atoms with Crippen molar-refractivity contribution in [3.63, 3.8) is 0 Å². The minimum atomic E-state index is -0.817. The lowest BCUT2D eigenvalue weighted by atomic mass is 9.58. The minimum absolute atomic E-state index is 0.485. The molecular formula is C28H33FI2. The first-order valence-corrected chi connectivity index (χ1v) is 13.8. The molecule has 2 aromatic carbocycles. The van der Waals surface area contributed by atoms with E-state index in [1.54, 1.807) is 0 Å². The Morgan fingerprint density at radius 3 is 2.39 bits per heavy atom. The molecule has 0 spiro atoms. The number of halogens is 3. The molecule has 0 amide bonds. The Morgan fingerprint density at radius 2 is 1.77 bits per heavy atom. The molecule has 0 bridgehead atoms. The van der Waals surface area contributed by atoms with Crippen molar-refractivity contribution in [3.05, 3.63) is 82.9 Å². The first-order chi connectivity index (χ1) is 14.7. The van der Waals surface area contributed by atoms with Crippen molar-refractivity contribution in [2.75, 3.05) is 0 Å². The summed E-state index contributed by atoms with van der Waals surface area (Å²) < 4.78 is 12.9. The lowest BCUT2D eigenvalue weighted by Gasteiger charge is -2.50. The number of benzene rings is 2. The van der Waals surface area contributed by atoms with Crippen molar-refractivity contribution in [3.8, 4) is 0 Å². The molecule has 2 aliphatic rings. The highest BCUT2D eigenvalue weighted by atomic mass is 127. The number of alkyl halides is 3. The van der Waals surface area contributed by atoms with Crippen LogP contribution in [0.4, 0.5) is 4.39 Å². The standard InChI is InChI=1S/C28H33FI2/c1-18-11-24(12-19(2)27(18)25-16-28(3,31)17-25)23-6-4-5-22(14-23)13-20-7-9-21(10-8-20)15-26(29)30/h4-10,14,19,24-27H,1,11-13,15-17H2,2-3H3. The fraction of sp³-hybridized carbons (Fsp3) is 0.500. The predicted octanol–water partition coefficient (Wildman–Crippen LogP) is 8.84. The summed E-state index contributed by atoms with van der Waals surface area (Å²) in [5.41, 5.74) is 6.68. The smallest absolute Gasteiger partial charge is 0.155 e. The molecule has 2 aliphatic carbocycles. The third kappa shape index (κ3) is 5.93. The Hall–Kier alpha value is -0.430. The Bertz CT molecular complexity index is 907. The van der Waals surface area contributed by atoms with Crippen LogP contribution in [0.1, 0.15) is 67.7 Å². The summed E-state index contributed by atoms with van der Waals surface area (Å²) in [6.45, 7) is 9.41. The molecule has 4 unspecified atom stereocenters. The summed E-state index contributed by atoms with van der Waals surface area (Å²) in [7, 11) is 0. The van der Waals surface area contributed by atoms with Gasteiger partial charge in [-0.1, -0.05) is 97.1 Å². The molecule has 166 valence electrons. The van der Waals surface area contributed by atoms with E-state index in [4.69, 9.17) is 0 Å². The topological polar surface area (TPSA) is 0 Å². The van der Waals surface area contributed by atoms with Gasteiger partial charge < -0.3 is 0 Å². The summed E-state index contributed by atoms with van der Waals surface area (Å²) in [4.78, 5) is 0. The summed E-state index contributed by atoms with van der Waals surface area (Å²) in [5.74, 6) is 2.88. The zero-order valence-corrected chi connectivity index (χ0v) is 22.9. The molecule has 4 atom stereocenters. The van der Waals surface area contributed by atoms with Gasteiger partial charge in [-0.05, 0) is 101 Å². The number of allylic oxidation sites excluding steroid dienone is 1. The third-order valence-electron chi connectivity index (χ3n) is 7.38. The van der Waals surface area contributed by atoms with Gasteiger partial charge in [0.2, 0.25) is 0 Å². The van der Waals surface area contributed by atoms with E-state index in [9.17, 15) is 4.39 Å². The van der Waals surface area contributed by atoms with Crippen LogP contribution in [0.2, 0.25) is 0 Å². The Morgan fingerprint density at radius 1 is 1.10 bits per heavy atom. The molecule has 0 N–H and O–H groups in total. The zero-order valence-electron chi connectivity index (χ0n) is 18.6. The highest BCUT2D eigenvalue weighted by Crippen LogP contribution is 2.55. The van der Waals surface area contributed by atoms with Crippen LogP contribution in [0.25, 0.3) is 0 Å². The summed E-state index contributed by atoms with van der Waals surface area (Å²) in [6.07, 6.45) is 6.53. The molecule has 2 fully saturated rings. The van der Waals surface area contributed by atoms with Crippen LogP contribution < -0.4 is 0 Å². The molecule has 0 radical (unpaired) electrons. The fourth-order valence-corrected chi connectivity index (χ4v) is 7.68. The molecule has 2 aromatic rings. The summed E-state index contributed by atoms with van der Waals surface area (Å²) in [6, 6.07) is 17.6. The van der Waals surface area contributed by atoms with Gasteiger partial charge in [-0.25, -0.2) is 4.39 Å². The molecule has 0 aliphatic heterocycles. The van der Waals surface area contributed by atoms with Crippen LogP contribution >= 0.6 is 45.2 Å². The van der Waals surface area contributed by atoms with Crippen LogP contribution in [0, 0.1) is 17.8 Å². The summed E-state index contributed by atoms with van der Waals surface area (Å²) in [5, 5.41) is 0. The highest BCUT2D eigenvalue weighted by Gasteiger charge is 2.46. The highest BCUT2D eigenvalue weighted by molar-refractivity contribution is 14.1. The molecule has 0 saturated heterocycles. The molecule has 3 heteroatoms. The van der Waals surface area contributed by atoms with Gasteiger partial charge in [0.1, 0.15) is 0 Å². The van der Waals surface area contributed by atoms with Crippen LogP contribution in [-0.2, 0) is 12.8 Å². The van der Waals surface area contributed by atoms with Gasteiger partial charge in [0.05, 0.1) is 0 Å². The quantitative estimate of drug-likeness (QED) is 0.168. The monoisotopic (exact) mass is 642 g/mol. The van der Waals surface area contributed by atoms with E-state index < -0.39 is 4.18 Å². The largest absolute Gasteiger partial charge is 0.236 e. The van der Waals surface area contributed by atoms with Crippen molar-refractivity contribution < 1.29 is 4.39 Å². The van der Waals surface area contributed by atoms with Gasteiger partial charge in [-0.3, -0.25) is 0 Å². The predicted molar refractivity (Wildman–Crippen MR) is 147 cm³/mol. The first-order valence-electron chi connectivity index (χ1n) is 11.5. The van der Waals surface area contributed by atoms with Gasteiger partial charge in [0, 0.05) is 9.84 Å². The lowest BCUT2D eigenvalue weighted by molar-refractivity contribution is 0.127. The maximum Gasteiger partial charge on any atom is 0.155 e. The average molecular weight is 642 g/mol. The van der Waals surface area contributed by atoms with E-state index >= 15 is 0 Å². The molecule has 0 nitrogen and oxygen atoms in total. The second-order valence-electron chi connectivity index (χ2n) is 10.2. The second kappa shape index (κ2) is 9.82. The van der Waals surface area contributed by atoms with Crippen LogP contribution in [-0.4, -0.2) is 7.60 Å². The van der Waals surface area contributed by atoms with Crippen molar-refractivity contribution >= 4 is 45.2 Å². The van der Waals surface area contributed by atoms with E-state index in [1.807, 2.05) is 22.6 Å².